The van der Waals surface area contributed by atoms with E-state index in [9.17, 15) is 21.6 Å². The Morgan fingerprint density at radius 1 is 1.03 bits per heavy atom. The third kappa shape index (κ3) is 5.96. The molecule has 0 unspecified atom stereocenters. The normalized spacial score (nSPS) is 11.5. The fourth-order valence-electron chi connectivity index (χ4n) is 2.75. The number of sulfonamides is 1. The zero-order chi connectivity index (χ0) is 22.5. The monoisotopic (exact) mass is 447 g/mol. The smallest absolute Gasteiger partial charge is 0.404 e. The molecule has 2 aromatic carbocycles. The van der Waals surface area contributed by atoms with Gasteiger partial charge in [0.25, 0.3) is 0 Å². The number of nitriles is 1. The fraction of sp³-hybridized carbons (Fsp3) is 0.143. The van der Waals surface area contributed by atoms with E-state index in [1.165, 1.54) is 36.7 Å². The summed E-state index contributed by atoms with van der Waals surface area (Å²) in [5, 5.41) is 9.14. The zero-order valence-corrected chi connectivity index (χ0v) is 16.8. The van der Waals surface area contributed by atoms with Gasteiger partial charge in [-0.05, 0) is 48.0 Å². The summed E-state index contributed by atoms with van der Waals surface area (Å²) in [6, 6.07) is 17.2. The topological polar surface area (TPSA) is 83.3 Å². The number of rotatable bonds is 7. The third-order valence-electron chi connectivity index (χ3n) is 4.09. The van der Waals surface area contributed by atoms with Gasteiger partial charge >= 0.3 is 6.18 Å². The number of anilines is 1. The van der Waals surface area contributed by atoms with Crippen LogP contribution in [-0.2, 0) is 16.6 Å². The molecule has 3 aromatic rings. The molecule has 6 nitrogen and oxygen atoms in total. The van der Waals surface area contributed by atoms with Crippen molar-refractivity contribution in [2.75, 3.05) is 10.1 Å². The fourth-order valence-corrected chi connectivity index (χ4v) is 4.11. The second kappa shape index (κ2) is 9.06. The predicted octanol–water partition coefficient (Wildman–Crippen LogP) is 4.64. The highest BCUT2D eigenvalue weighted by Gasteiger charge is 2.38. The number of ether oxygens (including phenoxy) is 1. The number of hydrogen-bond acceptors (Lipinski definition) is 5. The first kappa shape index (κ1) is 22.1. The zero-order valence-electron chi connectivity index (χ0n) is 16.0. The summed E-state index contributed by atoms with van der Waals surface area (Å²) in [6.07, 6.45) is -2.04. The predicted molar refractivity (Wildman–Crippen MR) is 108 cm³/mol. The molecule has 3 rings (SSSR count). The molecule has 0 radical (unpaired) electrons. The molecule has 1 aromatic heterocycles. The SMILES string of the molecule is N#Cc1ccccc1Oc1ccc(N(Cc2cccnc2)S(=O)(=O)CC(F)(F)F)cc1. The molecule has 0 fully saturated rings. The van der Waals surface area contributed by atoms with Crippen molar-refractivity contribution < 1.29 is 26.3 Å². The molecule has 0 aliphatic heterocycles. The molecule has 10 heteroatoms. The Kier molecular flexibility index (Phi) is 6.46. The molecule has 0 N–H and O–H groups in total. The van der Waals surface area contributed by atoms with Crippen molar-refractivity contribution in [3.63, 3.8) is 0 Å². The Bertz CT molecular complexity index is 1180. The van der Waals surface area contributed by atoms with Crippen LogP contribution in [0.25, 0.3) is 0 Å². The van der Waals surface area contributed by atoms with Crippen LogP contribution in [0.15, 0.2) is 73.1 Å². The van der Waals surface area contributed by atoms with Crippen LogP contribution >= 0.6 is 0 Å². The minimum Gasteiger partial charge on any atom is -0.456 e. The number of aromatic nitrogens is 1. The molecule has 0 saturated heterocycles. The van der Waals surface area contributed by atoms with Gasteiger partial charge in [-0.2, -0.15) is 18.4 Å². The van der Waals surface area contributed by atoms with Crippen molar-refractivity contribution in [3.05, 3.63) is 84.2 Å². The average Bonchev–Trinajstić information content (AvgIpc) is 2.72. The Morgan fingerprint density at radius 3 is 2.35 bits per heavy atom. The maximum Gasteiger partial charge on any atom is 0.404 e. The molecule has 0 saturated carbocycles. The van der Waals surface area contributed by atoms with Gasteiger partial charge in [-0.25, -0.2) is 8.42 Å². The first-order valence-corrected chi connectivity index (χ1v) is 10.5. The molecule has 0 bridgehead atoms. The Morgan fingerprint density at radius 2 is 1.74 bits per heavy atom. The highest BCUT2D eigenvalue weighted by molar-refractivity contribution is 7.92. The minimum atomic E-state index is -4.89. The number of pyridine rings is 1. The first-order valence-electron chi connectivity index (χ1n) is 8.91. The van der Waals surface area contributed by atoms with Crippen molar-refractivity contribution in [3.8, 4) is 17.6 Å². The Labute approximate surface area is 177 Å². The number of hydrogen-bond donors (Lipinski definition) is 0. The molecule has 0 atom stereocenters. The number of benzene rings is 2. The summed E-state index contributed by atoms with van der Waals surface area (Å²) in [6.45, 7) is -0.316. The van der Waals surface area contributed by atoms with Gasteiger partial charge in [0.05, 0.1) is 17.8 Å². The van der Waals surface area contributed by atoms with E-state index in [0.717, 1.165) is 0 Å². The number of alkyl halides is 3. The molecule has 0 spiro atoms. The minimum absolute atomic E-state index is 0.0361. The molecular weight excluding hydrogens is 431 g/mol. The van der Waals surface area contributed by atoms with Crippen LogP contribution in [-0.4, -0.2) is 25.3 Å². The van der Waals surface area contributed by atoms with Crippen LogP contribution in [0.3, 0.4) is 0 Å². The third-order valence-corrected chi connectivity index (χ3v) is 5.79. The van der Waals surface area contributed by atoms with Crippen molar-refractivity contribution in [2.24, 2.45) is 0 Å². The van der Waals surface area contributed by atoms with Gasteiger partial charge in [0.1, 0.15) is 17.6 Å². The summed E-state index contributed by atoms with van der Waals surface area (Å²) < 4.78 is 70.0. The molecular formula is C21H16F3N3O3S. The highest BCUT2D eigenvalue weighted by Crippen LogP contribution is 2.30. The second-order valence-corrected chi connectivity index (χ2v) is 8.34. The molecule has 0 aliphatic carbocycles. The number of halogens is 3. The molecule has 0 aliphatic rings. The second-order valence-electron chi connectivity index (χ2n) is 6.44. The van der Waals surface area contributed by atoms with Gasteiger partial charge in [-0.3, -0.25) is 9.29 Å². The van der Waals surface area contributed by atoms with Gasteiger partial charge in [-0.1, -0.05) is 18.2 Å². The Hall–Kier alpha value is -3.58. The molecule has 0 amide bonds. The van der Waals surface area contributed by atoms with Crippen molar-refractivity contribution in [1.29, 1.82) is 5.26 Å². The van der Waals surface area contributed by atoms with E-state index in [1.807, 2.05) is 6.07 Å². The van der Waals surface area contributed by atoms with Crippen molar-refractivity contribution in [2.45, 2.75) is 12.7 Å². The largest absolute Gasteiger partial charge is 0.456 e. The lowest BCUT2D eigenvalue weighted by atomic mass is 10.2. The van der Waals surface area contributed by atoms with E-state index in [4.69, 9.17) is 10.00 Å². The summed E-state index contributed by atoms with van der Waals surface area (Å²) in [5.74, 6) is -1.40. The quantitative estimate of drug-likeness (QED) is 0.527. The average molecular weight is 447 g/mol. The van der Waals surface area contributed by atoms with Crippen LogP contribution in [0.2, 0.25) is 0 Å². The van der Waals surface area contributed by atoms with Crippen LogP contribution in [0.1, 0.15) is 11.1 Å². The summed E-state index contributed by atoms with van der Waals surface area (Å²) >= 11 is 0. The summed E-state index contributed by atoms with van der Waals surface area (Å²) in [4.78, 5) is 3.88. The van der Waals surface area contributed by atoms with E-state index in [-0.39, 0.29) is 12.2 Å². The van der Waals surface area contributed by atoms with Gasteiger partial charge in [0.2, 0.25) is 10.0 Å². The van der Waals surface area contributed by atoms with Gasteiger partial charge in [-0.15, -0.1) is 0 Å². The van der Waals surface area contributed by atoms with Crippen LogP contribution < -0.4 is 9.04 Å². The highest BCUT2D eigenvalue weighted by atomic mass is 32.2. The summed E-state index contributed by atoms with van der Waals surface area (Å²) in [5.41, 5.74) is 0.767. The maximum atomic E-state index is 12.9. The van der Waals surface area contributed by atoms with Crippen LogP contribution in [0, 0.1) is 11.3 Å². The van der Waals surface area contributed by atoms with Crippen LogP contribution in [0.5, 0.6) is 11.5 Å². The summed E-state index contributed by atoms with van der Waals surface area (Å²) in [7, 11) is -4.72. The van der Waals surface area contributed by atoms with E-state index in [1.54, 1.807) is 36.4 Å². The van der Waals surface area contributed by atoms with Gasteiger partial charge in [0, 0.05) is 12.4 Å². The van der Waals surface area contributed by atoms with E-state index < -0.39 is 22.0 Å². The first-order chi connectivity index (χ1) is 14.7. The Balaban J connectivity index is 1.91. The van der Waals surface area contributed by atoms with Crippen molar-refractivity contribution in [1.82, 2.24) is 4.98 Å². The van der Waals surface area contributed by atoms with Crippen LogP contribution in [0.4, 0.5) is 18.9 Å². The number of nitrogens with zero attached hydrogens (tertiary/aromatic N) is 3. The standard InChI is InChI=1S/C21H16F3N3O3S/c22-21(23,24)15-31(28,29)27(14-16-4-3-11-26-13-16)18-7-9-19(10-8-18)30-20-6-2-1-5-17(20)12-25/h1-11,13H,14-15H2. The molecule has 1 heterocycles. The van der Waals surface area contributed by atoms with E-state index in [2.05, 4.69) is 4.98 Å². The number of para-hydroxylation sites is 1. The molecule has 31 heavy (non-hydrogen) atoms. The lowest BCUT2D eigenvalue weighted by Gasteiger charge is -2.25. The van der Waals surface area contributed by atoms with Gasteiger partial charge in [0.15, 0.2) is 5.75 Å². The maximum absolute atomic E-state index is 12.9. The van der Waals surface area contributed by atoms with Gasteiger partial charge < -0.3 is 4.74 Å². The lowest BCUT2D eigenvalue weighted by Crippen LogP contribution is -2.37. The van der Waals surface area contributed by atoms with E-state index >= 15 is 0 Å². The lowest BCUT2D eigenvalue weighted by molar-refractivity contribution is -0.106. The molecule has 160 valence electrons. The van der Waals surface area contributed by atoms with E-state index in [0.29, 0.717) is 26.9 Å². The van der Waals surface area contributed by atoms with Crippen molar-refractivity contribution >= 4 is 15.7 Å².